The Morgan fingerprint density at radius 1 is 0.944 bits per heavy atom. The van der Waals surface area contributed by atoms with Crippen LogP contribution in [-0.2, 0) is 0 Å². The van der Waals surface area contributed by atoms with Gasteiger partial charge in [-0.3, -0.25) is 0 Å². The lowest BCUT2D eigenvalue weighted by atomic mass is 10.2. The summed E-state index contributed by atoms with van der Waals surface area (Å²) in [5.41, 5.74) is 6.32. The van der Waals surface area contributed by atoms with Crippen molar-refractivity contribution in [2.45, 2.75) is 0 Å². The number of rotatable bonds is 3. The second-order valence-corrected chi connectivity index (χ2v) is 4.31. The van der Waals surface area contributed by atoms with E-state index in [1.165, 1.54) is 0 Å². The third kappa shape index (κ3) is 2.47. The van der Waals surface area contributed by atoms with Crippen molar-refractivity contribution in [1.82, 2.24) is 0 Å². The Morgan fingerprint density at radius 2 is 1.56 bits per heavy atom. The summed E-state index contributed by atoms with van der Waals surface area (Å²) in [6.07, 6.45) is 0. The zero-order valence-electron chi connectivity index (χ0n) is 9.61. The van der Waals surface area contributed by atoms with Gasteiger partial charge in [0.05, 0.1) is 12.1 Å². The minimum absolute atomic E-state index is 0.349. The van der Waals surface area contributed by atoms with Gasteiger partial charge in [-0.2, -0.15) is 0 Å². The third-order valence-electron chi connectivity index (χ3n) is 2.38. The van der Waals surface area contributed by atoms with E-state index in [4.69, 9.17) is 38.4 Å². The highest BCUT2D eigenvalue weighted by Gasteiger charge is 2.10. The normalized spacial score (nSPS) is 10.2. The first kappa shape index (κ1) is 12.9. The van der Waals surface area contributed by atoms with Crippen molar-refractivity contribution >= 4 is 28.9 Å². The molecule has 0 amide bonds. The zero-order chi connectivity index (χ0) is 13.1. The number of nitrogens with two attached hydrogens (primary N) is 1. The summed E-state index contributed by atoms with van der Waals surface area (Å²) in [7, 11) is 1.54. The van der Waals surface area contributed by atoms with E-state index < -0.39 is 0 Å². The van der Waals surface area contributed by atoms with Gasteiger partial charge in [-0.05, 0) is 24.3 Å². The van der Waals surface area contributed by atoms with Crippen molar-refractivity contribution in [2.75, 3.05) is 12.8 Å². The van der Waals surface area contributed by atoms with Crippen LogP contribution in [0.25, 0.3) is 0 Å². The van der Waals surface area contributed by atoms with Crippen LogP contribution in [-0.4, -0.2) is 7.11 Å². The van der Waals surface area contributed by atoms with E-state index in [0.717, 1.165) is 0 Å². The Hall–Kier alpha value is -1.58. The monoisotopic (exact) mass is 283 g/mol. The van der Waals surface area contributed by atoms with Crippen LogP contribution in [0.1, 0.15) is 0 Å². The standard InChI is InChI=1S/C13H11Cl2NO2/c1-17-10-6-3-7-11(13(10)16)18-9-5-2-4-8(14)12(9)15/h2-7H,16H2,1H3. The minimum Gasteiger partial charge on any atom is -0.494 e. The number of para-hydroxylation sites is 1. The predicted molar refractivity (Wildman–Crippen MR) is 73.9 cm³/mol. The van der Waals surface area contributed by atoms with Gasteiger partial charge in [-0.25, -0.2) is 0 Å². The fourth-order valence-corrected chi connectivity index (χ4v) is 1.80. The molecule has 5 heteroatoms. The molecule has 0 aliphatic heterocycles. The highest BCUT2D eigenvalue weighted by molar-refractivity contribution is 6.42. The lowest BCUT2D eigenvalue weighted by Crippen LogP contribution is -1.96. The number of hydrogen-bond acceptors (Lipinski definition) is 3. The van der Waals surface area contributed by atoms with E-state index in [1.807, 2.05) is 0 Å². The number of methoxy groups -OCH3 is 1. The Labute approximate surface area is 115 Å². The Kier molecular flexibility index (Phi) is 3.84. The van der Waals surface area contributed by atoms with E-state index in [0.29, 0.717) is 33.0 Å². The second kappa shape index (κ2) is 5.38. The third-order valence-corrected chi connectivity index (χ3v) is 3.18. The zero-order valence-corrected chi connectivity index (χ0v) is 11.1. The SMILES string of the molecule is COc1cccc(Oc2cccc(Cl)c2Cl)c1N. The molecule has 0 spiro atoms. The molecule has 0 bridgehead atoms. The van der Waals surface area contributed by atoms with Gasteiger partial charge in [-0.15, -0.1) is 0 Å². The van der Waals surface area contributed by atoms with Crippen LogP contribution in [0.2, 0.25) is 10.0 Å². The topological polar surface area (TPSA) is 44.5 Å². The number of anilines is 1. The second-order valence-electron chi connectivity index (χ2n) is 3.53. The lowest BCUT2D eigenvalue weighted by Gasteiger charge is -2.12. The maximum atomic E-state index is 6.04. The summed E-state index contributed by atoms with van der Waals surface area (Å²) in [6, 6.07) is 10.4. The van der Waals surface area contributed by atoms with E-state index in [9.17, 15) is 0 Å². The number of ether oxygens (including phenoxy) is 2. The first-order valence-corrected chi connectivity index (χ1v) is 5.93. The number of hydrogen-bond donors (Lipinski definition) is 1. The molecule has 94 valence electrons. The fraction of sp³-hybridized carbons (Fsp3) is 0.0769. The van der Waals surface area contributed by atoms with Crippen LogP contribution in [0.5, 0.6) is 17.2 Å². The van der Waals surface area contributed by atoms with Gasteiger partial charge in [0.25, 0.3) is 0 Å². The molecule has 18 heavy (non-hydrogen) atoms. The Morgan fingerprint density at radius 3 is 2.28 bits per heavy atom. The molecule has 0 radical (unpaired) electrons. The van der Waals surface area contributed by atoms with E-state index >= 15 is 0 Å². The van der Waals surface area contributed by atoms with Crippen molar-refractivity contribution in [3.05, 3.63) is 46.4 Å². The van der Waals surface area contributed by atoms with Crippen LogP contribution >= 0.6 is 23.2 Å². The molecule has 0 atom stereocenters. The molecule has 0 saturated carbocycles. The maximum absolute atomic E-state index is 6.04. The van der Waals surface area contributed by atoms with Crippen molar-refractivity contribution < 1.29 is 9.47 Å². The average Bonchev–Trinajstić information content (AvgIpc) is 2.37. The molecule has 0 unspecified atom stereocenters. The smallest absolute Gasteiger partial charge is 0.154 e. The molecule has 2 N–H and O–H groups in total. The molecule has 0 fully saturated rings. The summed E-state index contributed by atoms with van der Waals surface area (Å²) in [5.74, 6) is 1.47. The summed E-state index contributed by atoms with van der Waals surface area (Å²) in [5, 5.41) is 0.775. The Balaban J connectivity index is 2.37. The maximum Gasteiger partial charge on any atom is 0.154 e. The molecule has 2 aromatic carbocycles. The van der Waals surface area contributed by atoms with E-state index in [1.54, 1.807) is 43.5 Å². The highest BCUT2D eigenvalue weighted by atomic mass is 35.5. The van der Waals surface area contributed by atoms with E-state index in [-0.39, 0.29) is 0 Å². The number of nitrogen functional groups attached to an aromatic ring is 1. The molecule has 0 aromatic heterocycles. The van der Waals surface area contributed by atoms with Gasteiger partial charge < -0.3 is 15.2 Å². The molecule has 0 heterocycles. The number of halogens is 2. The van der Waals surface area contributed by atoms with Gasteiger partial charge in [-0.1, -0.05) is 35.3 Å². The van der Waals surface area contributed by atoms with Crippen molar-refractivity contribution in [1.29, 1.82) is 0 Å². The van der Waals surface area contributed by atoms with Gasteiger partial charge >= 0.3 is 0 Å². The van der Waals surface area contributed by atoms with Crippen LogP contribution in [0.15, 0.2) is 36.4 Å². The largest absolute Gasteiger partial charge is 0.494 e. The van der Waals surface area contributed by atoms with Crippen molar-refractivity contribution in [3.8, 4) is 17.2 Å². The minimum atomic E-state index is 0.349. The first-order valence-electron chi connectivity index (χ1n) is 5.18. The van der Waals surface area contributed by atoms with Crippen molar-refractivity contribution in [3.63, 3.8) is 0 Å². The average molecular weight is 284 g/mol. The van der Waals surface area contributed by atoms with Gasteiger partial charge in [0, 0.05) is 0 Å². The van der Waals surface area contributed by atoms with Crippen molar-refractivity contribution in [2.24, 2.45) is 0 Å². The Bertz CT molecular complexity index is 573. The summed E-state index contributed by atoms with van der Waals surface area (Å²) >= 11 is 12.0. The first-order chi connectivity index (χ1) is 8.63. The van der Waals surface area contributed by atoms with Crippen LogP contribution in [0.4, 0.5) is 5.69 Å². The van der Waals surface area contributed by atoms with Crippen LogP contribution in [0.3, 0.4) is 0 Å². The molecule has 2 rings (SSSR count). The summed E-state index contributed by atoms with van der Waals surface area (Å²) in [6.45, 7) is 0. The van der Waals surface area contributed by atoms with Crippen LogP contribution in [0, 0.1) is 0 Å². The molecule has 3 nitrogen and oxygen atoms in total. The van der Waals surface area contributed by atoms with Gasteiger partial charge in [0.15, 0.2) is 5.75 Å². The summed E-state index contributed by atoms with van der Waals surface area (Å²) < 4.78 is 10.8. The van der Waals surface area contributed by atoms with Gasteiger partial charge in [0.1, 0.15) is 22.2 Å². The molecule has 0 aliphatic rings. The summed E-state index contributed by atoms with van der Waals surface area (Å²) in [4.78, 5) is 0. The lowest BCUT2D eigenvalue weighted by molar-refractivity contribution is 0.412. The molecular formula is C13H11Cl2NO2. The number of benzene rings is 2. The van der Waals surface area contributed by atoms with Gasteiger partial charge in [0.2, 0.25) is 0 Å². The van der Waals surface area contributed by atoms with Crippen LogP contribution < -0.4 is 15.2 Å². The highest BCUT2D eigenvalue weighted by Crippen LogP contribution is 2.38. The molecule has 2 aromatic rings. The predicted octanol–water partition coefficient (Wildman–Crippen LogP) is 4.38. The van der Waals surface area contributed by atoms with E-state index in [2.05, 4.69) is 0 Å². The quantitative estimate of drug-likeness (QED) is 0.851. The molecule has 0 aliphatic carbocycles. The fourth-order valence-electron chi connectivity index (χ4n) is 1.47. The molecule has 0 saturated heterocycles. The molecular weight excluding hydrogens is 273 g/mol.